The van der Waals surface area contributed by atoms with Crippen molar-refractivity contribution in [3.8, 4) is 0 Å². The highest BCUT2D eigenvalue weighted by molar-refractivity contribution is 5.46. The van der Waals surface area contributed by atoms with Crippen LogP contribution in [0, 0.1) is 0 Å². The summed E-state index contributed by atoms with van der Waals surface area (Å²) in [6.45, 7) is 4.95. The number of nitrogens with zero attached hydrogens (tertiary/aromatic N) is 3. The molecule has 0 atom stereocenters. The second-order valence-electron chi connectivity index (χ2n) is 4.33. The van der Waals surface area contributed by atoms with Crippen molar-refractivity contribution in [2.45, 2.75) is 13.0 Å². The highest BCUT2D eigenvalue weighted by Gasteiger charge is 2.15. The Labute approximate surface area is 97.1 Å². The Balaban J connectivity index is 2.16. The van der Waals surface area contributed by atoms with Crippen LogP contribution in [-0.4, -0.2) is 43.1 Å². The minimum absolute atomic E-state index is 0.565. The van der Waals surface area contributed by atoms with Gasteiger partial charge in [0.1, 0.15) is 5.82 Å². The maximum Gasteiger partial charge on any atom is 0.133 e. The molecule has 0 amide bonds. The largest absolute Gasteiger partial charge is 0.355 e. The Bertz CT molecular complexity index is 340. The molecule has 0 radical (unpaired) electrons. The van der Waals surface area contributed by atoms with Crippen molar-refractivity contribution in [1.82, 2.24) is 9.88 Å². The first-order valence-electron chi connectivity index (χ1n) is 5.88. The minimum atomic E-state index is 0.565. The van der Waals surface area contributed by atoms with Gasteiger partial charge in [-0.15, -0.1) is 0 Å². The zero-order chi connectivity index (χ0) is 11.4. The van der Waals surface area contributed by atoms with Crippen molar-refractivity contribution in [3.63, 3.8) is 0 Å². The topological polar surface area (TPSA) is 45.4 Å². The van der Waals surface area contributed by atoms with Gasteiger partial charge in [0.2, 0.25) is 0 Å². The van der Waals surface area contributed by atoms with Gasteiger partial charge < -0.3 is 15.5 Å². The molecule has 1 aromatic heterocycles. The summed E-state index contributed by atoms with van der Waals surface area (Å²) in [5.41, 5.74) is 6.89. The maximum absolute atomic E-state index is 5.75. The number of pyridine rings is 1. The van der Waals surface area contributed by atoms with Crippen LogP contribution in [0.3, 0.4) is 0 Å². The van der Waals surface area contributed by atoms with Crippen molar-refractivity contribution in [1.29, 1.82) is 0 Å². The van der Waals surface area contributed by atoms with Gasteiger partial charge in [0.05, 0.1) is 0 Å². The molecule has 2 rings (SSSR count). The zero-order valence-corrected chi connectivity index (χ0v) is 9.89. The summed E-state index contributed by atoms with van der Waals surface area (Å²) in [5, 5.41) is 0. The molecular weight excluding hydrogens is 200 g/mol. The van der Waals surface area contributed by atoms with Crippen molar-refractivity contribution >= 4 is 5.82 Å². The lowest BCUT2D eigenvalue weighted by molar-refractivity contribution is 0.360. The summed E-state index contributed by atoms with van der Waals surface area (Å²) in [6.07, 6.45) is 3.04. The van der Waals surface area contributed by atoms with E-state index in [4.69, 9.17) is 5.73 Å². The van der Waals surface area contributed by atoms with Gasteiger partial charge in [-0.1, -0.05) is 6.07 Å². The second-order valence-corrected chi connectivity index (χ2v) is 4.33. The van der Waals surface area contributed by atoms with Crippen LogP contribution in [0.2, 0.25) is 0 Å². The van der Waals surface area contributed by atoms with Crippen molar-refractivity contribution in [3.05, 3.63) is 23.9 Å². The first-order valence-corrected chi connectivity index (χ1v) is 5.88. The molecular formula is C12H20N4. The predicted octanol–water partition coefficient (Wildman–Crippen LogP) is 0.682. The van der Waals surface area contributed by atoms with E-state index in [9.17, 15) is 0 Å². The van der Waals surface area contributed by atoms with E-state index in [0.29, 0.717) is 6.54 Å². The Hall–Kier alpha value is -1.13. The predicted molar refractivity (Wildman–Crippen MR) is 66.5 cm³/mol. The molecule has 0 saturated carbocycles. The van der Waals surface area contributed by atoms with Crippen molar-refractivity contribution in [2.24, 2.45) is 5.73 Å². The number of rotatable bonds is 2. The number of likely N-dealkylation sites (N-methyl/N-ethyl adjacent to an activating group) is 1. The van der Waals surface area contributed by atoms with Crippen LogP contribution >= 0.6 is 0 Å². The second kappa shape index (κ2) is 5.27. The zero-order valence-electron chi connectivity index (χ0n) is 9.89. The van der Waals surface area contributed by atoms with Crippen molar-refractivity contribution in [2.75, 3.05) is 38.1 Å². The fourth-order valence-electron chi connectivity index (χ4n) is 2.13. The average molecular weight is 220 g/mol. The summed E-state index contributed by atoms with van der Waals surface area (Å²) in [6, 6.07) is 4.02. The summed E-state index contributed by atoms with van der Waals surface area (Å²) in [7, 11) is 2.17. The molecule has 4 heteroatoms. The molecule has 1 aliphatic heterocycles. The number of hydrogen-bond donors (Lipinski definition) is 1. The lowest BCUT2D eigenvalue weighted by Gasteiger charge is -2.23. The highest BCUT2D eigenvalue weighted by atomic mass is 15.2. The molecule has 2 heterocycles. The first kappa shape index (κ1) is 11.4. The first-order chi connectivity index (χ1) is 7.81. The molecule has 1 aromatic rings. The molecule has 2 N–H and O–H groups in total. The summed E-state index contributed by atoms with van der Waals surface area (Å²) < 4.78 is 0. The van der Waals surface area contributed by atoms with Crippen LogP contribution in [-0.2, 0) is 6.54 Å². The van der Waals surface area contributed by atoms with Gasteiger partial charge in [-0.05, 0) is 26.1 Å². The Morgan fingerprint density at radius 3 is 3.00 bits per heavy atom. The van der Waals surface area contributed by atoms with E-state index in [0.717, 1.165) is 31.0 Å². The molecule has 88 valence electrons. The molecule has 4 nitrogen and oxygen atoms in total. The monoisotopic (exact) mass is 220 g/mol. The molecule has 0 spiro atoms. The van der Waals surface area contributed by atoms with Gasteiger partial charge in [0.25, 0.3) is 0 Å². The Kier molecular flexibility index (Phi) is 3.74. The third kappa shape index (κ3) is 2.51. The number of nitrogens with two attached hydrogens (primary N) is 1. The molecule has 16 heavy (non-hydrogen) atoms. The van der Waals surface area contributed by atoms with E-state index >= 15 is 0 Å². The molecule has 1 saturated heterocycles. The van der Waals surface area contributed by atoms with E-state index in [1.807, 2.05) is 12.3 Å². The molecule has 0 aromatic carbocycles. The third-order valence-electron chi connectivity index (χ3n) is 3.11. The lowest BCUT2D eigenvalue weighted by Crippen LogP contribution is -2.30. The SMILES string of the molecule is CN1CCCN(c2ncccc2CN)CC1. The molecule has 0 bridgehead atoms. The number of hydrogen-bond acceptors (Lipinski definition) is 4. The standard InChI is InChI=1S/C12H20N4/c1-15-6-3-7-16(9-8-15)12-11(10-13)4-2-5-14-12/h2,4-5H,3,6-10,13H2,1H3. The molecule has 0 aliphatic carbocycles. The van der Waals surface area contributed by atoms with Crippen LogP contribution in [0.25, 0.3) is 0 Å². The Morgan fingerprint density at radius 1 is 1.31 bits per heavy atom. The molecule has 0 unspecified atom stereocenters. The lowest BCUT2D eigenvalue weighted by atomic mass is 10.2. The number of anilines is 1. The highest BCUT2D eigenvalue weighted by Crippen LogP contribution is 2.18. The molecule has 1 fully saturated rings. The van der Waals surface area contributed by atoms with Crippen LogP contribution in [0.1, 0.15) is 12.0 Å². The van der Waals surface area contributed by atoms with Crippen molar-refractivity contribution < 1.29 is 0 Å². The van der Waals surface area contributed by atoms with Crippen LogP contribution in [0.5, 0.6) is 0 Å². The summed E-state index contributed by atoms with van der Waals surface area (Å²) in [5.74, 6) is 1.07. The van der Waals surface area contributed by atoms with E-state index in [2.05, 4.69) is 27.9 Å². The summed E-state index contributed by atoms with van der Waals surface area (Å²) in [4.78, 5) is 9.19. The van der Waals surface area contributed by atoms with Gasteiger partial charge in [0, 0.05) is 37.9 Å². The van der Waals surface area contributed by atoms with Crippen LogP contribution < -0.4 is 10.6 Å². The molecule has 1 aliphatic rings. The van der Waals surface area contributed by atoms with E-state index in [1.165, 1.54) is 13.0 Å². The average Bonchev–Trinajstić information content (AvgIpc) is 2.54. The third-order valence-corrected chi connectivity index (χ3v) is 3.11. The fourth-order valence-corrected chi connectivity index (χ4v) is 2.13. The normalized spacial score (nSPS) is 18.5. The van der Waals surface area contributed by atoms with Gasteiger partial charge >= 0.3 is 0 Å². The van der Waals surface area contributed by atoms with E-state index in [-0.39, 0.29) is 0 Å². The van der Waals surface area contributed by atoms with E-state index in [1.54, 1.807) is 0 Å². The quantitative estimate of drug-likeness (QED) is 0.796. The van der Waals surface area contributed by atoms with Crippen LogP contribution in [0.4, 0.5) is 5.82 Å². The van der Waals surface area contributed by atoms with Gasteiger partial charge in [-0.3, -0.25) is 0 Å². The Morgan fingerprint density at radius 2 is 2.19 bits per heavy atom. The fraction of sp³-hybridized carbons (Fsp3) is 0.583. The van der Waals surface area contributed by atoms with E-state index < -0.39 is 0 Å². The van der Waals surface area contributed by atoms with Gasteiger partial charge in [0.15, 0.2) is 0 Å². The van der Waals surface area contributed by atoms with Gasteiger partial charge in [-0.25, -0.2) is 4.98 Å². The van der Waals surface area contributed by atoms with Gasteiger partial charge in [-0.2, -0.15) is 0 Å². The smallest absolute Gasteiger partial charge is 0.133 e. The summed E-state index contributed by atoms with van der Waals surface area (Å²) >= 11 is 0. The number of aromatic nitrogens is 1. The minimum Gasteiger partial charge on any atom is -0.355 e. The van der Waals surface area contributed by atoms with Crippen LogP contribution in [0.15, 0.2) is 18.3 Å². The maximum atomic E-state index is 5.75.